The highest BCUT2D eigenvalue weighted by atomic mass is 16.5. The van der Waals surface area contributed by atoms with Crippen LogP contribution in [0.5, 0.6) is 0 Å². The van der Waals surface area contributed by atoms with Crippen LogP contribution < -0.4 is 5.32 Å². The number of anilines is 1. The van der Waals surface area contributed by atoms with Crippen LogP contribution in [-0.4, -0.2) is 28.8 Å². The zero-order valence-electron chi connectivity index (χ0n) is 11.7. The van der Waals surface area contributed by atoms with Crippen molar-refractivity contribution in [2.24, 2.45) is 5.92 Å². The van der Waals surface area contributed by atoms with E-state index in [0.29, 0.717) is 11.7 Å². The fourth-order valence-corrected chi connectivity index (χ4v) is 1.58. The molecule has 0 saturated carbocycles. The highest BCUT2D eigenvalue weighted by molar-refractivity contribution is 5.82. The van der Waals surface area contributed by atoms with Crippen molar-refractivity contribution < 1.29 is 9.53 Å². The summed E-state index contributed by atoms with van der Waals surface area (Å²) in [4.78, 5) is 11.5. The lowest BCUT2D eigenvalue weighted by atomic mass is 10.1. The standard InChI is InChI=1S/C13H21N3O2/c1-9(2)8-10-6-7-11(16-15-10)14-13(3,4)12(17)18-5/h6-7,9H,8H2,1-5H3,(H,14,16). The minimum Gasteiger partial charge on any atom is -0.467 e. The maximum absolute atomic E-state index is 11.5. The Bertz CT molecular complexity index is 399. The Morgan fingerprint density at radius 3 is 2.50 bits per heavy atom. The monoisotopic (exact) mass is 251 g/mol. The first-order valence-electron chi connectivity index (χ1n) is 6.04. The quantitative estimate of drug-likeness (QED) is 0.811. The van der Waals surface area contributed by atoms with Crippen molar-refractivity contribution in [2.75, 3.05) is 12.4 Å². The highest BCUT2D eigenvalue weighted by Gasteiger charge is 2.28. The molecule has 18 heavy (non-hydrogen) atoms. The predicted molar refractivity (Wildman–Crippen MR) is 70.3 cm³/mol. The Hall–Kier alpha value is -1.65. The van der Waals surface area contributed by atoms with Gasteiger partial charge in [-0.15, -0.1) is 5.10 Å². The first kappa shape index (κ1) is 14.4. The molecule has 5 heteroatoms. The molecule has 1 N–H and O–H groups in total. The number of nitrogens with zero attached hydrogens (tertiary/aromatic N) is 2. The Labute approximate surface area is 108 Å². The second kappa shape index (κ2) is 5.80. The lowest BCUT2D eigenvalue weighted by Crippen LogP contribution is -2.41. The predicted octanol–water partition coefficient (Wildman–Crippen LogP) is 2.04. The summed E-state index contributed by atoms with van der Waals surface area (Å²) in [5.74, 6) is 0.776. The average molecular weight is 251 g/mol. The minimum absolute atomic E-state index is 0.337. The van der Waals surface area contributed by atoms with E-state index in [1.165, 1.54) is 7.11 Å². The minimum atomic E-state index is -0.816. The molecule has 0 radical (unpaired) electrons. The van der Waals surface area contributed by atoms with Gasteiger partial charge in [-0.2, -0.15) is 5.10 Å². The topological polar surface area (TPSA) is 64.1 Å². The molecule has 0 bridgehead atoms. The summed E-state index contributed by atoms with van der Waals surface area (Å²) in [6, 6.07) is 3.75. The summed E-state index contributed by atoms with van der Waals surface area (Å²) in [5, 5.41) is 11.2. The molecule has 0 atom stereocenters. The molecule has 0 saturated heterocycles. The van der Waals surface area contributed by atoms with Crippen molar-refractivity contribution in [1.82, 2.24) is 10.2 Å². The molecular weight excluding hydrogens is 230 g/mol. The number of carbonyl (C=O) groups excluding carboxylic acids is 1. The van der Waals surface area contributed by atoms with Crippen LogP contribution in [-0.2, 0) is 16.0 Å². The van der Waals surface area contributed by atoms with Gasteiger partial charge in [0, 0.05) is 0 Å². The number of rotatable bonds is 5. The Morgan fingerprint density at radius 1 is 1.39 bits per heavy atom. The number of hydrogen-bond acceptors (Lipinski definition) is 5. The van der Waals surface area contributed by atoms with Gasteiger partial charge in [-0.05, 0) is 38.3 Å². The maximum Gasteiger partial charge on any atom is 0.330 e. The van der Waals surface area contributed by atoms with Gasteiger partial charge in [-0.3, -0.25) is 0 Å². The largest absolute Gasteiger partial charge is 0.467 e. The first-order chi connectivity index (χ1) is 8.35. The van der Waals surface area contributed by atoms with E-state index < -0.39 is 5.54 Å². The number of methoxy groups -OCH3 is 1. The number of esters is 1. The molecule has 0 aliphatic carbocycles. The van der Waals surface area contributed by atoms with E-state index in [-0.39, 0.29) is 5.97 Å². The third-order valence-electron chi connectivity index (χ3n) is 2.47. The van der Waals surface area contributed by atoms with Crippen molar-refractivity contribution in [1.29, 1.82) is 0 Å². The molecule has 0 fully saturated rings. The third kappa shape index (κ3) is 3.98. The SMILES string of the molecule is COC(=O)C(C)(C)Nc1ccc(CC(C)C)nn1. The molecule has 0 aromatic carbocycles. The van der Waals surface area contributed by atoms with E-state index >= 15 is 0 Å². The fourth-order valence-electron chi connectivity index (χ4n) is 1.58. The first-order valence-corrected chi connectivity index (χ1v) is 6.04. The van der Waals surface area contributed by atoms with Crippen LogP contribution in [0.4, 0.5) is 5.82 Å². The molecule has 1 aromatic rings. The molecular formula is C13H21N3O2. The van der Waals surface area contributed by atoms with Crippen LogP contribution in [0.2, 0.25) is 0 Å². The number of hydrogen-bond donors (Lipinski definition) is 1. The second-order valence-electron chi connectivity index (χ2n) is 5.25. The number of carbonyl (C=O) groups is 1. The van der Waals surface area contributed by atoms with E-state index in [2.05, 4.69) is 29.4 Å². The molecule has 0 aliphatic heterocycles. The zero-order chi connectivity index (χ0) is 13.8. The van der Waals surface area contributed by atoms with Crippen molar-refractivity contribution >= 4 is 11.8 Å². The van der Waals surface area contributed by atoms with Crippen molar-refractivity contribution in [3.8, 4) is 0 Å². The van der Waals surface area contributed by atoms with Crippen molar-refractivity contribution in [3.63, 3.8) is 0 Å². The van der Waals surface area contributed by atoms with Crippen LogP contribution >= 0.6 is 0 Å². The Morgan fingerprint density at radius 2 is 2.06 bits per heavy atom. The van der Waals surface area contributed by atoms with Gasteiger partial charge in [0.1, 0.15) is 11.4 Å². The van der Waals surface area contributed by atoms with Crippen LogP contribution in [0.15, 0.2) is 12.1 Å². The van der Waals surface area contributed by atoms with Crippen molar-refractivity contribution in [3.05, 3.63) is 17.8 Å². The highest BCUT2D eigenvalue weighted by Crippen LogP contribution is 2.14. The normalized spacial score (nSPS) is 11.4. The molecule has 1 heterocycles. The summed E-state index contributed by atoms with van der Waals surface area (Å²) in [5.41, 5.74) is 0.134. The molecule has 1 aromatic heterocycles. The molecule has 5 nitrogen and oxygen atoms in total. The molecule has 0 unspecified atom stereocenters. The van der Waals surface area contributed by atoms with Gasteiger partial charge >= 0.3 is 5.97 Å². The maximum atomic E-state index is 11.5. The van der Waals surface area contributed by atoms with Gasteiger partial charge in [-0.25, -0.2) is 4.79 Å². The van der Waals surface area contributed by atoms with Gasteiger partial charge in [-0.1, -0.05) is 13.8 Å². The Kier molecular flexibility index (Phi) is 4.64. The molecule has 0 aliphatic rings. The van der Waals surface area contributed by atoms with Crippen LogP contribution in [0.3, 0.4) is 0 Å². The molecule has 0 spiro atoms. The van der Waals surface area contributed by atoms with E-state index in [4.69, 9.17) is 4.74 Å². The smallest absolute Gasteiger partial charge is 0.330 e. The summed E-state index contributed by atoms with van der Waals surface area (Å²) < 4.78 is 4.71. The summed E-state index contributed by atoms with van der Waals surface area (Å²) in [6.07, 6.45) is 0.897. The Balaban J connectivity index is 2.72. The van der Waals surface area contributed by atoms with Crippen LogP contribution in [0.1, 0.15) is 33.4 Å². The third-order valence-corrected chi connectivity index (χ3v) is 2.47. The van der Waals surface area contributed by atoms with Crippen LogP contribution in [0, 0.1) is 5.92 Å². The van der Waals surface area contributed by atoms with E-state index in [1.54, 1.807) is 13.8 Å². The average Bonchev–Trinajstić information content (AvgIpc) is 2.29. The summed E-state index contributed by atoms with van der Waals surface area (Å²) in [7, 11) is 1.36. The molecule has 100 valence electrons. The van der Waals surface area contributed by atoms with E-state index in [0.717, 1.165) is 12.1 Å². The van der Waals surface area contributed by atoms with Gasteiger partial charge < -0.3 is 10.1 Å². The number of ether oxygens (including phenoxy) is 1. The van der Waals surface area contributed by atoms with Gasteiger partial charge in [0.15, 0.2) is 0 Å². The summed E-state index contributed by atoms with van der Waals surface area (Å²) >= 11 is 0. The zero-order valence-corrected chi connectivity index (χ0v) is 11.7. The lowest BCUT2D eigenvalue weighted by molar-refractivity contribution is -0.144. The van der Waals surface area contributed by atoms with Gasteiger partial charge in [0.2, 0.25) is 0 Å². The van der Waals surface area contributed by atoms with Gasteiger partial charge in [0.05, 0.1) is 12.8 Å². The van der Waals surface area contributed by atoms with E-state index in [1.807, 2.05) is 12.1 Å². The molecule has 0 amide bonds. The number of aromatic nitrogens is 2. The lowest BCUT2D eigenvalue weighted by Gasteiger charge is -2.23. The fraction of sp³-hybridized carbons (Fsp3) is 0.615. The van der Waals surface area contributed by atoms with Crippen molar-refractivity contribution in [2.45, 2.75) is 39.7 Å². The van der Waals surface area contributed by atoms with Gasteiger partial charge in [0.25, 0.3) is 0 Å². The van der Waals surface area contributed by atoms with E-state index in [9.17, 15) is 4.79 Å². The van der Waals surface area contributed by atoms with Crippen LogP contribution in [0.25, 0.3) is 0 Å². The summed E-state index contributed by atoms with van der Waals surface area (Å²) in [6.45, 7) is 7.74. The second-order valence-corrected chi connectivity index (χ2v) is 5.25. The molecule has 1 rings (SSSR count). The number of nitrogens with one attached hydrogen (secondary N) is 1.